The van der Waals surface area contributed by atoms with Gasteiger partial charge in [0.25, 0.3) is 0 Å². The maximum absolute atomic E-state index is 5.94. The fourth-order valence-corrected chi connectivity index (χ4v) is 3.15. The fraction of sp³-hybridized carbons (Fsp3) is 0.625. The molecule has 2 saturated heterocycles. The minimum atomic E-state index is 0.380. The predicted octanol–water partition coefficient (Wildman–Crippen LogP) is 1.68. The molecule has 104 valence electrons. The van der Waals surface area contributed by atoms with Crippen LogP contribution in [0.1, 0.15) is 18.4 Å². The Bertz CT molecular complexity index is 382. The van der Waals surface area contributed by atoms with E-state index in [1.165, 1.54) is 24.9 Å². The molecule has 2 atom stereocenters. The highest BCUT2D eigenvalue weighted by atomic mass is 16.5. The first-order valence-corrected chi connectivity index (χ1v) is 7.52. The molecule has 1 aromatic rings. The summed E-state index contributed by atoms with van der Waals surface area (Å²) in [6, 6.07) is 11.4. The Labute approximate surface area is 115 Å². The Hall–Kier alpha value is -0.900. The molecule has 0 amide bonds. The average Bonchev–Trinajstić information content (AvgIpc) is 2.92. The molecule has 3 nitrogen and oxygen atoms in total. The van der Waals surface area contributed by atoms with Gasteiger partial charge in [-0.3, -0.25) is 4.90 Å². The lowest BCUT2D eigenvalue weighted by molar-refractivity contribution is -0.0468. The minimum absolute atomic E-state index is 0.380. The number of benzene rings is 1. The van der Waals surface area contributed by atoms with Gasteiger partial charge >= 0.3 is 0 Å². The van der Waals surface area contributed by atoms with Crippen LogP contribution < -0.4 is 5.32 Å². The molecule has 0 saturated carbocycles. The largest absolute Gasteiger partial charge is 0.374 e. The van der Waals surface area contributed by atoms with Gasteiger partial charge in [0.1, 0.15) is 0 Å². The van der Waals surface area contributed by atoms with Gasteiger partial charge in [-0.25, -0.2) is 0 Å². The Morgan fingerprint density at radius 2 is 2.16 bits per heavy atom. The van der Waals surface area contributed by atoms with Crippen LogP contribution in [0.3, 0.4) is 0 Å². The lowest BCUT2D eigenvalue weighted by Gasteiger charge is -2.35. The molecule has 2 aliphatic heterocycles. The average molecular weight is 260 g/mol. The van der Waals surface area contributed by atoms with E-state index in [-0.39, 0.29) is 0 Å². The molecule has 2 unspecified atom stereocenters. The zero-order valence-corrected chi connectivity index (χ0v) is 11.6. The molecule has 0 aliphatic carbocycles. The van der Waals surface area contributed by atoms with Gasteiger partial charge in [-0.1, -0.05) is 30.3 Å². The predicted molar refractivity (Wildman–Crippen MR) is 77.4 cm³/mol. The summed E-state index contributed by atoms with van der Waals surface area (Å²) in [5, 5.41) is 3.53. The summed E-state index contributed by atoms with van der Waals surface area (Å²) >= 11 is 0. The van der Waals surface area contributed by atoms with Crippen molar-refractivity contribution in [2.24, 2.45) is 0 Å². The third kappa shape index (κ3) is 3.56. The fourth-order valence-electron chi connectivity index (χ4n) is 3.15. The van der Waals surface area contributed by atoms with Crippen molar-refractivity contribution in [3.05, 3.63) is 35.9 Å². The topological polar surface area (TPSA) is 24.5 Å². The summed E-state index contributed by atoms with van der Waals surface area (Å²) < 4.78 is 5.94. The van der Waals surface area contributed by atoms with E-state index in [9.17, 15) is 0 Å². The van der Waals surface area contributed by atoms with Crippen molar-refractivity contribution in [1.29, 1.82) is 0 Å². The van der Waals surface area contributed by atoms with Gasteiger partial charge in [0.15, 0.2) is 0 Å². The second-order valence-electron chi connectivity index (χ2n) is 5.69. The van der Waals surface area contributed by atoms with Crippen molar-refractivity contribution < 1.29 is 4.74 Å². The molecule has 0 spiro atoms. The van der Waals surface area contributed by atoms with Gasteiger partial charge in [0, 0.05) is 19.1 Å². The molecule has 3 rings (SSSR count). The van der Waals surface area contributed by atoms with Crippen molar-refractivity contribution in [2.45, 2.75) is 31.4 Å². The number of hydrogen-bond donors (Lipinski definition) is 1. The van der Waals surface area contributed by atoms with E-state index in [0.717, 1.165) is 32.7 Å². The van der Waals surface area contributed by atoms with Crippen LogP contribution in [-0.4, -0.2) is 49.8 Å². The van der Waals surface area contributed by atoms with Crippen LogP contribution in [0, 0.1) is 0 Å². The van der Waals surface area contributed by atoms with Crippen LogP contribution >= 0.6 is 0 Å². The number of nitrogens with zero attached hydrogens (tertiary/aromatic N) is 1. The van der Waals surface area contributed by atoms with Crippen LogP contribution in [0.2, 0.25) is 0 Å². The highest BCUT2D eigenvalue weighted by Crippen LogP contribution is 2.22. The van der Waals surface area contributed by atoms with E-state index in [1.54, 1.807) is 0 Å². The summed E-state index contributed by atoms with van der Waals surface area (Å²) in [5.41, 5.74) is 1.40. The first-order chi connectivity index (χ1) is 9.42. The molecule has 0 aromatic heterocycles. The van der Waals surface area contributed by atoms with Crippen molar-refractivity contribution >= 4 is 0 Å². The molecule has 1 N–H and O–H groups in total. The number of hydrogen-bond acceptors (Lipinski definition) is 3. The Morgan fingerprint density at radius 3 is 3.05 bits per heavy atom. The zero-order chi connectivity index (χ0) is 12.9. The summed E-state index contributed by atoms with van der Waals surface area (Å²) in [4.78, 5) is 2.60. The first-order valence-electron chi connectivity index (χ1n) is 7.52. The Kier molecular flexibility index (Phi) is 4.49. The smallest absolute Gasteiger partial charge is 0.0826 e. The lowest BCUT2D eigenvalue weighted by Crippen LogP contribution is -2.49. The molecule has 2 heterocycles. The van der Waals surface area contributed by atoms with Crippen molar-refractivity contribution in [2.75, 3.05) is 32.8 Å². The Balaban J connectivity index is 1.34. The zero-order valence-electron chi connectivity index (χ0n) is 11.6. The molecule has 0 radical (unpaired) electrons. The van der Waals surface area contributed by atoms with Gasteiger partial charge in [0.2, 0.25) is 0 Å². The normalized spacial score (nSPS) is 27.4. The van der Waals surface area contributed by atoms with E-state index in [0.29, 0.717) is 12.1 Å². The second-order valence-corrected chi connectivity index (χ2v) is 5.69. The van der Waals surface area contributed by atoms with Crippen LogP contribution in [0.4, 0.5) is 0 Å². The molecule has 2 aliphatic rings. The number of fused-ring (bicyclic) bond motifs is 1. The second kappa shape index (κ2) is 6.51. The third-order valence-corrected chi connectivity index (χ3v) is 4.27. The highest BCUT2D eigenvalue weighted by Gasteiger charge is 2.31. The van der Waals surface area contributed by atoms with Gasteiger partial charge in [-0.15, -0.1) is 0 Å². The summed E-state index contributed by atoms with van der Waals surface area (Å²) in [6.07, 6.45) is 4.15. The number of rotatable bonds is 5. The monoisotopic (exact) mass is 260 g/mol. The summed E-state index contributed by atoms with van der Waals surface area (Å²) in [5.74, 6) is 0. The quantitative estimate of drug-likeness (QED) is 0.815. The summed E-state index contributed by atoms with van der Waals surface area (Å²) in [6.45, 7) is 5.34. The van der Waals surface area contributed by atoms with Crippen molar-refractivity contribution in [1.82, 2.24) is 10.2 Å². The van der Waals surface area contributed by atoms with E-state index < -0.39 is 0 Å². The third-order valence-electron chi connectivity index (χ3n) is 4.27. The van der Waals surface area contributed by atoms with Crippen LogP contribution in [0.5, 0.6) is 0 Å². The lowest BCUT2D eigenvalue weighted by atomic mass is 10.1. The van der Waals surface area contributed by atoms with Crippen LogP contribution in [-0.2, 0) is 11.2 Å². The minimum Gasteiger partial charge on any atom is -0.374 e. The van der Waals surface area contributed by atoms with Gasteiger partial charge in [-0.05, 0) is 37.9 Å². The van der Waals surface area contributed by atoms with Gasteiger partial charge < -0.3 is 10.1 Å². The van der Waals surface area contributed by atoms with E-state index in [2.05, 4.69) is 40.5 Å². The number of ether oxygens (including phenoxy) is 1. The molecule has 0 bridgehead atoms. The summed E-state index contributed by atoms with van der Waals surface area (Å²) in [7, 11) is 0. The van der Waals surface area contributed by atoms with Crippen molar-refractivity contribution in [3.63, 3.8) is 0 Å². The SMILES string of the molecule is c1ccc(CCNCC2CN3CCCC3CO2)cc1. The standard InChI is InChI=1S/C16H24N2O/c1-2-5-14(6-3-1)8-9-17-11-16-12-18-10-4-7-15(18)13-19-16/h1-3,5-6,15-17H,4,7-13H2. The molecule has 3 heteroatoms. The van der Waals surface area contributed by atoms with E-state index in [1.807, 2.05) is 0 Å². The maximum atomic E-state index is 5.94. The van der Waals surface area contributed by atoms with Gasteiger partial charge in [-0.2, -0.15) is 0 Å². The Morgan fingerprint density at radius 1 is 1.26 bits per heavy atom. The van der Waals surface area contributed by atoms with Crippen LogP contribution in [0.15, 0.2) is 30.3 Å². The number of morpholine rings is 1. The maximum Gasteiger partial charge on any atom is 0.0826 e. The van der Waals surface area contributed by atoms with E-state index >= 15 is 0 Å². The number of nitrogens with one attached hydrogen (secondary N) is 1. The molecular weight excluding hydrogens is 236 g/mol. The van der Waals surface area contributed by atoms with E-state index in [4.69, 9.17) is 4.74 Å². The molecular formula is C16H24N2O. The molecule has 1 aromatic carbocycles. The first kappa shape index (κ1) is 13.1. The molecule has 2 fully saturated rings. The molecule has 19 heavy (non-hydrogen) atoms. The van der Waals surface area contributed by atoms with Crippen molar-refractivity contribution in [3.8, 4) is 0 Å². The van der Waals surface area contributed by atoms with Gasteiger partial charge in [0.05, 0.1) is 12.7 Å². The van der Waals surface area contributed by atoms with Crippen LogP contribution in [0.25, 0.3) is 0 Å². The highest BCUT2D eigenvalue weighted by molar-refractivity contribution is 5.14.